The molecule has 1 aliphatic heterocycles. The molecule has 12 heteroatoms. The van der Waals surface area contributed by atoms with E-state index in [2.05, 4.69) is 44.2 Å². The van der Waals surface area contributed by atoms with Crippen LogP contribution < -0.4 is 0 Å². The number of hydrogen-bond acceptors (Lipinski definition) is 4. The maximum absolute atomic E-state index is 14.4. The largest absolute Gasteiger partial charge is 0.386 e. The highest BCUT2D eigenvalue weighted by molar-refractivity contribution is 6.60. The summed E-state index contributed by atoms with van der Waals surface area (Å²) in [5.41, 5.74) is 0.914. The summed E-state index contributed by atoms with van der Waals surface area (Å²) in [6.45, 7) is 3.63. The van der Waals surface area contributed by atoms with Gasteiger partial charge in [0.05, 0.1) is 46.4 Å². The molecule has 1 aromatic heterocycles. The molecule has 1 aliphatic carbocycles. The standard InChI is InChI=1S/C28H33B5Cl2N2O3/c1-24(2,39)17-5-10-22-21(13-17)23(38)37(15-20-9-8-19(35)14-36-20)26(22,16-3-6-18(34)7-4-16)40-28(32,33)25(11-12-25)27(29,30)31/h3-10,13-14,39H,11-12,15,29-33H2,1-2H3/t26-/m1/s1. The number of fused-ring (bicyclic) bond motifs is 1. The van der Waals surface area contributed by atoms with Crippen LogP contribution in [0.3, 0.4) is 0 Å². The van der Waals surface area contributed by atoms with Crippen LogP contribution in [0.4, 0.5) is 0 Å². The molecule has 0 spiro atoms. The van der Waals surface area contributed by atoms with Gasteiger partial charge in [-0.3, -0.25) is 14.7 Å². The van der Waals surface area contributed by atoms with Crippen LogP contribution in [0.1, 0.15) is 59.4 Å². The topological polar surface area (TPSA) is 62.7 Å². The maximum Gasteiger partial charge on any atom is 0.257 e. The Morgan fingerprint density at radius 1 is 0.975 bits per heavy atom. The van der Waals surface area contributed by atoms with Crippen LogP contribution in [-0.2, 0) is 22.6 Å². The van der Waals surface area contributed by atoms with E-state index in [0.717, 1.165) is 24.0 Å². The third kappa shape index (κ3) is 4.75. The fourth-order valence-electron chi connectivity index (χ4n) is 6.68. The zero-order valence-electron chi connectivity index (χ0n) is 24.3. The second-order valence-electron chi connectivity index (χ2n) is 13.3. The van der Waals surface area contributed by atoms with Gasteiger partial charge in [0.15, 0.2) is 5.72 Å². The molecule has 1 saturated carbocycles. The average molecular weight is 571 g/mol. The average Bonchev–Trinajstić information content (AvgIpc) is 3.67. The molecule has 3 aromatic rings. The smallest absolute Gasteiger partial charge is 0.257 e. The molecule has 0 radical (unpaired) electrons. The lowest BCUT2D eigenvalue weighted by Gasteiger charge is -2.51. The van der Waals surface area contributed by atoms with Crippen molar-refractivity contribution in [2.24, 2.45) is 5.41 Å². The molecular weight excluding hydrogens is 537 g/mol. The van der Waals surface area contributed by atoms with Crippen molar-refractivity contribution in [2.75, 3.05) is 0 Å². The Morgan fingerprint density at radius 3 is 2.12 bits per heavy atom. The van der Waals surface area contributed by atoms with Crippen LogP contribution in [0.5, 0.6) is 0 Å². The summed E-state index contributed by atoms with van der Waals surface area (Å²) in [6, 6.07) is 16.7. The zero-order valence-corrected chi connectivity index (χ0v) is 25.8. The van der Waals surface area contributed by atoms with Crippen LogP contribution in [0.2, 0.25) is 15.2 Å². The number of pyridine rings is 1. The van der Waals surface area contributed by atoms with Crippen molar-refractivity contribution >= 4 is 68.3 Å². The zero-order chi connectivity index (χ0) is 29.3. The molecule has 2 aromatic carbocycles. The number of ether oxygens (including phenoxy) is 1. The Balaban J connectivity index is 1.77. The van der Waals surface area contributed by atoms with Crippen LogP contribution in [0, 0.1) is 5.41 Å². The van der Waals surface area contributed by atoms with Crippen molar-refractivity contribution in [3.8, 4) is 0 Å². The van der Waals surface area contributed by atoms with E-state index in [9.17, 15) is 9.90 Å². The van der Waals surface area contributed by atoms with E-state index in [1.54, 1.807) is 37.1 Å². The summed E-state index contributed by atoms with van der Waals surface area (Å²) in [5.74, 6) is -0.191. The Hall–Kier alpha value is -2.12. The van der Waals surface area contributed by atoms with Gasteiger partial charge in [-0.2, -0.15) is 0 Å². The first kappa shape index (κ1) is 29.4. The molecule has 1 N–H and O–H groups in total. The lowest BCUT2D eigenvalue weighted by molar-refractivity contribution is -0.158. The van der Waals surface area contributed by atoms with Crippen LogP contribution in [-0.4, -0.2) is 65.5 Å². The molecule has 1 atom stereocenters. The van der Waals surface area contributed by atoms with Gasteiger partial charge >= 0.3 is 0 Å². The van der Waals surface area contributed by atoms with E-state index >= 15 is 0 Å². The van der Waals surface area contributed by atoms with Gasteiger partial charge in [0.1, 0.15) is 15.7 Å². The lowest BCUT2D eigenvalue weighted by Crippen LogP contribution is -2.58. The van der Waals surface area contributed by atoms with E-state index in [1.807, 2.05) is 42.5 Å². The first-order valence-electron chi connectivity index (χ1n) is 13.8. The lowest BCUT2D eigenvalue weighted by atomic mass is 9.30. The molecule has 5 nitrogen and oxygen atoms in total. The van der Waals surface area contributed by atoms with E-state index in [-0.39, 0.29) is 23.0 Å². The number of hydrogen-bond donors (Lipinski definition) is 1. The number of nitrogens with zero attached hydrogens (tertiary/aromatic N) is 2. The van der Waals surface area contributed by atoms with Crippen LogP contribution in [0.25, 0.3) is 0 Å². The highest BCUT2D eigenvalue weighted by atomic mass is 35.5. The Kier molecular flexibility index (Phi) is 7.14. The molecule has 2 heterocycles. The molecule has 1 amide bonds. The minimum atomic E-state index is -1.26. The van der Waals surface area contributed by atoms with Gasteiger partial charge in [0.2, 0.25) is 0 Å². The van der Waals surface area contributed by atoms with Crippen molar-refractivity contribution in [3.63, 3.8) is 0 Å². The van der Waals surface area contributed by atoms with Gasteiger partial charge in [-0.05, 0) is 68.0 Å². The second kappa shape index (κ2) is 9.73. The predicted molar refractivity (Wildman–Crippen MR) is 174 cm³/mol. The molecular formula is C28H33B5Cl2N2O3. The fourth-order valence-corrected chi connectivity index (χ4v) is 6.92. The number of carbonyl (C=O) groups is 1. The van der Waals surface area contributed by atoms with Crippen molar-refractivity contribution in [2.45, 2.75) is 55.1 Å². The first-order chi connectivity index (χ1) is 18.5. The van der Waals surface area contributed by atoms with E-state index in [0.29, 0.717) is 26.9 Å². The van der Waals surface area contributed by atoms with Gasteiger partial charge in [0, 0.05) is 33.3 Å². The minimum Gasteiger partial charge on any atom is -0.386 e. The monoisotopic (exact) mass is 570 g/mol. The molecule has 1 fully saturated rings. The Labute approximate surface area is 251 Å². The molecule has 2 aliphatic rings. The summed E-state index contributed by atoms with van der Waals surface area (Å²) < 4.78 is 7.44. The fraction of sp³-hybridized carbons (Fsp3) is 0.357. The number of amides is 1. The summed E-state index contributed by atoms with van der Waals surface area (Å²) in [5, 5.41) is 11.3. The number of benzene rings is 2. The van der Waals surface area contributed by atoms with Gasteiger partial charge in [-0.25, -0.2) is 0 Å². The molecule has 5 rings (SSSR count). The summed E-state index contributed by atoms with van der Waals surface area (Å²) in [4.78, 5) is 20.7. The van der Waals surface area contributed by atoms with Crippen molar-refractivity contribution in [3.05, 3.63) is 98.8 Å². The number of rotatable bonds is 8. The highest BCUT2D eigenvalue weighted by Crippen LogP contribution is 2.66. The number of aromatic nitrogens is 1. The first-order valence-corrected chi connectivity index (χ1v) is 14.5. The minimum absolute atomic E-state index is 0.0174. The third-order valence-corrected chi connectivity index (χ3v) is 9.51. The molecule has 0 unspecified atom stereocenters. The van der Waals surface area contributed by atoms with Gasteiger partial charge in [-0.15, -0.1) is 5.11 Å². The Bertz CT molecular complexity index is 1450. The quantitative estimate of drug-likeness (QED) is 0.414. The van der Waals surface area contributed by atoms with Crippen molar-refractivity contribution in [1.29, 1.82) is 0 Å². The predicted octanol–water partition coefficient (Wildman–Crippen LogP) is 1.16. The van der Waals surface area contributed by atoms with E-state index in [4.69, 9.17) is 27.9 Å². The SMILES string of the molecule is BC(B)(B)C1(C(B)(B)O[C@]2(c3ccc(Cl)cc3)c3ccc(C(C)(C)O)cc3C(=O)N2Cc2ccc(Cl)cn2)CC1. The normalized spacial score (nSPS) is 20.4. The van der Waals surface area contributed by atoms with Gasteiger partial charge in [0.25, 0.3) is 5.91 Å². The molecule has 0 saturated heterocycles. The second-order valence-corrected chi connectivity index (χ2v) is 14.1. The van der Waals surface area contributed by atoms with Gasteiger partial charge < -0.3 is 9.84 Å². The van der Waals surface area contributed by atoms with E-state index in [1.165, 1.54) is 0 Å². The van der Waals surface area contributed by atoms with E-state index < -0.39 is 16.7 Å². The summed E-state index contributed by atoms with van der Waals surface area (Å²) in [6.07, 6.45) is 3.67. The third-order valence-electron chi connectivity index (χ3n) is 9.03. The highest BCUT2D eigenvalue weighted by Gasteiger charge is 2.64. The number of aliphatic hydroxyl groups is 1. The van der Waals surface area contributed by atoms with Gasteiger partial charge in [-0.1, -0.05) is 47.5 Å². The van der Waals surface area contributed by atoms with Crippen LogP contribution in [0.15, 0.2) is 60.8 Å². The Morgan fingerprint density at radius 2 is 1.60 bits per heavy atom. The summed E-state index contributed by atoms with van der Waals surface area (Å²) in [7, 11) is 11.1. The molecule has 202 valence electrons. The number of halogens is 2. The molecule has 0 bridgehead atoms. The van der Waals surface area contributed by atoms with Crippen molar-refractivity contribution < 1.29 is 14.6 Å². The van der Waals surface area contributed by atoms with Crippen LogP contribution >= 0.6 is 23.2 Å². The molecule has 40 heavy (non-hydrogen) atoms. The van der Waals surface area contributed by atoms with Crippen molar-refractivity contribution in [1.82, 2.24) is 9.88 Å². The maximum atomic E-state index is 14.4. The summed E-state index contributed by atoms with van der Waals surface area (Å²) >= 11 is 12.5. The number of carbonyl (C=O) groups excluding carboxylic acids is 1.